The highest BCUT2D eigenvalue weighted by molar-refractivity contribution is 5.35. The van der Waals surface area contributed by atoms with Gasteiger partial charge >= 0.3 is 0 Å². The summed E-state index contributed by atoms with van der Waals surface area (Å²) in [6, 6.07) is 3.36. The Bertz CT molecular complexity index is 520. The number of nitrogens with zero attached hydrogens (tertiary/aromatic N) is 3. The van der Waals surface area contributed by atoms with Gasteiger partial charge in [0.2, 0.25) is 11.8 Å². The molecule has 6 heteroatoms. The molecule has 0 radical (unpaired) electrons. The van der Waals surface area contributed by atoms with Crippen LogP contribution in [0.5, 0.6) is 11.8 Å². The summed E-state index contributed by atoms with van der Waals surface area (Å²) in [5.74, 6) is 2.13. The van der Waals surface area contributed by atoms with Gasteiger partial charge in [-0.1, -0.05) is 13.8 Å². The first-order valence-electron chi connectivity index (χ1n) is 5.39. The molecule has 0 bridgehead atoms. The van der Waals surface area contributed by atoms with Crippen LogP contribution in [0.2, 0.25) is 0 Å². The summed E-state index contributed by atoms with van der Waals surface area (Å²) in [6.45, 7) is 5.89. The van der Waals surface area contributed by atoms with Crippen LogP contribution in [0.25, 0.3) is 0 Å². The fraction of sp³-hybridized carbons (Fsp3) is 0.364. The highest BCUT2D eigenvalue weighted by Gasteiger charge is 2.09. The quantitative estimate of drug-likeness (QED) is 0.846. The fourth-order valence-corrected chi connectivity index (χ4v) is 1.32. The minimum Gasteiger partial charge on any atom is -0.419 e. The van der Waals surface area contributed by atoms with Crippen LogP contribution in [-0.4, -0.2) is 20.2 Å². The molecule has 0 spiro atoms. The smallest absolute Gasteiger partial charge is 0.240 e. The number of aromatic amines is 1. The second-order valence-corrected chi connectivity index (χ2v) is 4.14. The number of rotatable bonds is 3. The molecular formula is C11H15N5O. The number of aryl methyl sites for hydroxylation is 1. The lowest BCUT2D eigenvalue weighted by atomic mass is 10.2. The van der Waals surface area contributed by atoms with Gasteiger partial charge in [-0.05, 0) is 6.92 Å². The molecule has 0 aliphatic heterocycles. The maximum Gasteiger partial charge on any atom is 0.240 e. The zero-order valence-electron chi connectivity index (χ0n) is 10.1. The third kappa shape index (κ3) is 2.72. The van der Waals surface area contributed by atoms with E-state index in [0.29, 0.717) is 23.4 Å². The van der Waals surface area contributed by atoms with E-state index in [1.165, 1.54) is 0 Å². The number of anilines is 1. The summed E-state index contributed by atoms with van der Waals surface area (Å²) in [5, 5.41) is 6.76. The van der Waals surface area contributed by atoms with Crippen molar-refractivity contribution in [2.45, 2.75) is 26.7 Å². The SMILES string of the molecule is Cc1cc(Oc2cc(N)nc(C(C)C)n2)n[nH]1. The van der Waals surface area contributed by atoms with E-state index in [0.717, 1.165) is 5.69 Å². The third-order valence-corrected chi connectivity index (χ3v) is 2.15. The topological polar surface area (TPSA) is 89.7 Å². The Hall–Kier alpha value is -2.11. The number of nitrogens with one attached hydrogen (secondary N) is 1. The standard InChI is InChI=1S/C11H15N5O/c1-6(2)11-13-8(12)5-9(14-11)17-10-4-7(3)15-16-10/h4-6H,1-3H3,(H,15,16)(H2,12,13,14). The van der Waals surface area contributed by atoms with Gasteiger partial charge in [0.1, 0.15) is 11.6 Å². The maximum absolute atomic E-state index is 5.70. The monoisotopic (exact) mass is 233 g/mol. The Kier molecular flexibility index (Phi) is 2.95. The summed E-state index contributed by atoms with van der Waals surface area (Å²) in [6.07, 6.45) is 0. The second kappa shape index (κ2) is 4.40. The van der Waals surface area contributed by atoms with E-state index in [4.69, 9.17) is 10.5 Å². The lowest BCUT2D eigenvalue weighted by molar-refractivity contribution is 0.439. The summed E-state index contributed by atoms with van der Waals surface area (Å²) in [4.78, 5) is 8.41. The van der Waals surface area contributed by atoms with Crippen LogP contribution in [-0.2, 0) is 0 Å². The third-order valence-electron chi connectivity index (χ3n) is 2.15. The Morgan fingerprint density at radius 3 is 2.59 bits per heavy atom. The molecule has 0 atom stereocenters. The van der Waals surface area contributed by atoms with Crippen molar-refractivity contribution in [2.75, 3.05) is 5.73 Å². The highest BCUT2D eigenvalue weighted by Crippen LogP contribution is 2.21. The molecule has 0 saturated heterocycles. The Morgan fingerprint density at radius 2 is 2.00 bits per heavy atom. The molecule has 2 heterocycles. The normalized spacial score (nSPS) is 10.8. The van der Waals surface area contributed by atoms with Crippen LogP contribution < -0.4 is 10.5 Å². The molecule has 2 aromatic rings. The number of H-pyrrole nitrogens is 1. The predicted octanol–water partition coefficient (Wildman–Crippen LogP) is 2.01. The van der Waals surface area contributed by atoms with Crippen LogP contribution in [0.3, 0.4) is 0 Å². The number of hydrogen-bond acceptors (Lipinski definition) is 5. The molecule has 2 aromatic heterocycles. The largest absolute Gasteiger partial charge is 0.419 e. The van der Waals surface area contributed by atoms with E-state index in [1.807, 2.05) is 20.8 Å². The maximum atomic E-state index is 5.70. The minimum atomic E-state index is 0.196. The van der Waals surface area contributed by atoms with Gasteiger partial charge in [-0.3, -0.25) is 5.10 Å². The fourth-order valence-electron chi connectivity index (χ4n) is 1.32. The average Bonchev–Trinajstić information content (AvgIpc) is 2.63. The molecule has 0 fully saturated rings. The average molecular weight is 233 g/mol. The number of aromatic nitrogens is 4. The van der Waals surface area contributed by atoms with Gasteiger partial charge in [0.15, 0.2) is 0 Å². The van der Waals surface area contributed by atoms with Crippen molar-refractivity contribution in [2.24, 2.45) is 0 Å². The molecule has 90 valence electrons. The minimum absolute atomic E-state index is 0.196. The second-order valence-electron chi connectivity index (χ2n) is 4.14. The molecule has 0 aliphatic carbocycles. The lowest BCUT2D eigenvalue weighted by Gasteiger charge is -2.07. The van der Waals surface area contributed by atoms with E-state index in [2.05, 4.69) is 20.2 Å². The summed E-state index contributed by atoms with van der Waals surface area (Å²) < 4.78 is 5.50. The number of nitrogens with two attached hydrogens (primary N) is 1. The number of ether oxygens (including phenoxy) is 1. The van der Waals surface area contributed by atoms with Crippen molar-refractivity contribution >= 4 is 5.82 Å². The predicted molar refractivity (Wildman–Crippen MR) is 63.9 cm³/mol. The van der Waals surface area contributed by atoms with Gasteiger partial charge in [-0.2, -0.15) is 4.98 Å². The molecule has 0 saturated carbocycles. The van der Waals surface area contributed by atoms with Crippen LogP contribution in [0, 0.1) is 6.92 Å². The molecule has 0 unspecified atom stereocenters. The Balaban J connectivity index is 2.26. The summed E-state index contributed by atoms with van der Waals surface area (Å²) >= 11 is 0. The van der Waals surface area contributed by atoms with Gasteiger partial charge in [-0.15, -0.1) is 5.10 Å². The van der Waals surface area contributed by atoms with Crippen LogP contribution >= 0.6 is 0 Å². The molecule has 0 amide bonds. The number of nitrogen functional groups attached to an aromatic ring is 1. The summed E-state index contributed by atoms with van der Waals surface area (Å²) in [5.41, 5.74) is 6.62. The van der Waals surface area contributed by atoms with Crippen molar-refractivity contribution in [3.63, 3.8) is 0 Å². The zero-order valence-corrected chi connectivity index (χ0v) is 10.1. The van der Waals surface area contributed by atoms with Crippen molar-refractivity contribution in [3.05, 3.63) is 23.7 Å². The Morgan fingerprint density at radius 1 is 1.24 bits per heavy atom. The highest BCUT2D eigenvalue weighted by atomic mass is 16.5. The van der Waals surface area contributed by atoms with Crippen LogP contribution in [0.1, 0.15) is 31.3 Å². The molecule has 0 aliphatic rings. The molecule has 6 nitrogen and oxygen atoms in total. The zero-order chi connectivity index (χ0) is 12.4. The van der Waals surface area contributed by atoms with E-state index < -0.39 is 0 Å². The molecule has 3 N–H and O–H groups in total. The van der Waals surface area contributed by atoms with Crippen LogP contribution in [0.15, 0.2) is 12.1 Å². The molecular weight excluding hydrogens is 218 g/mol. The first-order chi connectivity index (χ1) is 8.04. The first-order valence-corrected chi connectivity index (χ1v) is 5.39. The first kappa shape index (κ1) is 11.4. The van der Waals surface area contributed by atoms with Gasteiger partial charge < -0.3 is 10.5 Å². The lowest BCUT2D eigenvalue weighted by Crippen LogP contribution is -2.03. The summed E-state index contributed by atoms with van der Waals surface area (Å²) in [7, 11) is 0. The van der Waals surface area contributed by atoms with Gasteiger partial charge in [0, 0.05) is 23.7 Å². The van der Waals surface area contributed by atoms with E-state index in [1.54, 1.807) is 12.1 Å². The van der Waals surface area contributed by atoms with Gasteiger partial charge in [0.25, 0.3) is 0 Å². The van der Waals surface area contributed by atoms with Crippen molar-refractivity contribution in [3.8, 4) is 11.8 Å². The van der Waals surface area contributed by atoms with Crippen molar-refractivity contribution < 1.29 is 4.74 Å². The Labute approximate surface area is 99.2 Å². The van der Waals surface area contributed by atoms with E-state index in [-0.39, 0.29) is 5.92 Å². The van der Waals surface area contributed by atoms with Crippen molar-refractivity contribution in [1.82, 2.24) is 20.2 Å². The van der Waals surface area contributed by atoms with Gasteiger partial charge in [0.05, 0.1) is 0 Å². The molecule has 2 rings (SSSR count). The van der Waals surface area contributed by atoms with Crippen LogP contribution in [0.4, 0.5) is 5.82 Å². The molecule has 0 aromatic carbocycles. The van der Waals surface area contributed by atoms with Gasteiger partial charge in [-0.25, -0.2) is 4.98 Å². The van der Waals surface area contributed by atoms with Crippen molar-refractivity contribution in [1.29, 1.82) is 0 Å². The number of hydrogen-bond donors (Lipinski definition) is 2. The van der Waals surface area contributed by atoms with E-state index >= 15 is 0 Å². The molecule has 17 heavy (non-hydrogen) atoms. The van der Waals surface area contributed by atoms with E-state index in [9.17, 15) is 0 Å².